The van der Waals surface area contributed by atoms with Crippen LogP contribution in [0.3, 0.4) is 0 Å². The van der Waals surface area contributed by atoms with Crippen molar-refractivity contribution in [1.29, 1.82) is 0 Å². The number of benzene rings is 2. The van der Waals surface area contributed by atoms with E-state index in [1.165, 1.54) is 27.7 Å². The molecule has 0 aliphatic heterocycles. The smallest absolute Gasteiger partial charge is 0.422 e. The molecular formula is C31H38O11. The number of esters is 2. The van der Waals surface area contributed by atoms with E-state index in [0.29, 0.717) is 0 Å². The van der Waals surface area contributed by atoms with Crippen LogP contribution in [0.2, 0.25) is 0 Å². The van der Waals surface area contributed by atoms with Crippen LogP contribution in [-0.4, -0.2) is 30.7 Å². The van der Waals surface area contributed by atoms with Crippen molar-refractivity contribution < 1.29 is 52.9 Å². The summed E-state index contributed by atoms with van der Waals surface area (Å²) in [5.41, 5.74) is 0.273. The van der Waals surface area contributed by atoms with E-state index in [9.17, 15) is 14.4 Å². The molecule has 2 atom stereocenters. The first-order valence-electron chi connectivity index (χ1n) is 13.1. The number of hydrogen-bond donors (Lipinski definition) is 0. The van der Waals surface area contributed by atoms with Crippen LogP contribution < -0.4 is 0 Å². The second kappa shape index (κ2) is 15.6. The highest BCUT2D eigenvalue weighted by atomic mass is 17.2. The Balaban J connectivity index is 1.74. The predicted molar refractivity (Wildman–Crippen MR) is 149 cm³/mol. The maximum Gasteiger partial charge on any atom is 0.514 e. The van der Waals surface area contributed by atoms with Gasteiger partial charge in [-0.2, -0.15) is 9.78 Å². The van der Waals surface area contributed by atoms with Gasteiger partial charge in [-0.05, 0) is 52.7 Å². The highest BCUT2D eigenvalue weighted by molar-refractivity contribution is 5.88. The Morgan fingerprint density at radius 1 is 0.595 bits per heavy atom. The van der Waals surface area contributed by atoms with E-state index >= 15 is 0 Å². The van der Waals surface area contributed by atoms with E-state index in [-0.39, 0.29) is 11.1 Å². The van der Waals surface area contributed by atoms with Crippen molar-refractivity contribution in [2.45, 2.75) is 79.2 Å². The van der Waals surface area contributed by atoms with Crippen molar-refractivity contribution in [2.75, 3.05) is 0 Å². The molecule has 0 fully saturated rings. The molecule has 0 amide bonds. The lowest BCUT2D eigenvalue weighted by Crippen LogP contribution is -2.27. The Bertz CT molecular complexity index is 1140. The average Bonchev–Trinajstić information content (AvgIpc) is 2.93. The van der Waals surface area contributed by atoms with Crippen LogP contribution in [0.4, 0.5) is 4.79 Å². The van der Waals surface area contributed by atoms with E-state index in [1.54, 1.807) is 27.7 Å². The van der Waals surface area contributed by atoms with Crippen LogP contribution in [0, 0.1) is 0 Å². The van der Waals surface area contributed by atoms with E-state index in [4.69, 9.17) is 38.5 Å². The summed E-state index contributed by atoms with van der Waals surface area (Å²) in [4.78, 5) is 57.6. The van der Waals surface area contributed by atoms with Crippen molar-refractivity contribution in [2.24, 2.45) is 0 Å². The molecule has 11 nitrogen and oxygen atoms in total. The van der Waals surface area contributed by atoms with Gasteiger partial charge in [0.15, 0.2) is 0 Å². The third-order valence-corrected chi connectivity index (χ3v) is 5.61. The van der Waals surface area contributed by atoms with Gasteiger partial charge in [-0.15, -0.1) is 0 Å². The Hall–Kier alpha value is -4.35. The number of ether oxygens (including phenoxy) is 4. The molecule has 0 aliphatic rings. The van der Waals surface area contributed by atoms with Gasteiger partial charge in [0.1, 0.15) is 23.7 Å². The topological polar surface area (TPSA) is 125 Å². The number of carbonyl (C=O) groups excluding carboxylic acids is 3. The number of rotatable bonds is 14. The first kappa shape index (κ1) is 33.9. The quantitative estimate of drug-likeness (QED) is 0.0602. The summed E-state index contributed by atoms with van der Waals surface area (Å²) in [5.74, 6) is -1.65. The first-order chi connectivity index (χ1) is 19.7. The van der Waals surface area contributed by atoms with Gasteiger partial charge < -0.3 is 28.7 Å². The van der Waals surface area contributed by atoms with E-state index in [1.807, 2.05) is 60.7 Å². The summed E-state index contributed by atoms with van der Waals surface area (Å²) in [7, 11) is 0. The number of hydrogen-bond acceptors (Lipinski definition) is 11. The third kappa shape index (κ3) is 11.3. The molecule has 0 saturated heterocycles. The molecule has 0 N–H and O–H groups in total. The van der Waals surface area contributed by atoms with E-state index in [2.05, 4.69) is 0 Å². The molecule has 11 heteroatoms. The second-order valence-electron chi connectivity index (χ2n) is 10.1. The molecule has 2 rings (SSSR count). The van der Waals surface area contributed by atoms with Gasteiger partial charge in [0.25, 0.3) is 0 Å². The van der Waals surface area contributed by atoms with Crippen LogP contribution in [0.5, 0.6) is 0 Å². The minimum absolute atomic E-state index is 0.0468. The molecule has 228 valence electrons. The van der Waals surface area contributed by atoms with Crippen molar-refractivity contribution in [1.82, 2.24) is 0 Å². The normalized spacial score (nSPS) is 13.8. The lowest BCUT2D eigenvalue weighted by atomic mass is 9.99. The minimum atomic E-state index is -1.32. The van der Waals surface area contributed by atoms with E-state index < -0.39 is 41.9 Å². The standard InChI is InChI=1S/C31H38O11/c1-21(19-35-41-30(5,6)25-15-11-9-12-16-25)27(32)37-23(3)39-29(34)40-24(4)38-28(33)22(2)20-36-42-31(7,8)26-17-13-10-14-18-26/h9-20,23-24H,1-8H3/b21-19+,22-20+. The molecule has 42 heavy (non-hydrogen) atoms. The van der Waals surface area contributed by atoms with Crippen molar-refractivity contribution >= 4 is 18.1 Å². The first-order valence-corrected chi connectivity index (χ1v) is 13.1. The fourth-order valence-corrected chi connectivity index (χ4v) is 3.14. The summed E-state index contributed by atoms with van der Waals surface area (Å²) in [6.45, 7) is 12.7. The lowest BCUT2D eigenvalue weighted by Gasteiger charge is -2.23. The van der Waals surface area contributed by atoms with Crippen LogP contribution in [0.1, 0.15) is 66.5 Å². The predicted octanol–water partition coefficient (Wildman–Crippen LogP) is 6.49. The molecule has 0 aliphatic carbocycles. The van der Waals surface area contributed by atoms with Gasteiger partial charge in [0.2, 0.25) is 12.6 Å². The fraction of sp³-hybridized carbons (Fsp3) is 0.387. The van der Waals surface area contributed by atoms with Crippen LogP contribution in [0.15, 0.2) is 84.3 Å². The average molecular weight is 587 g/mol. The zero-order valence-electron chi connectivity index (χ0n) is 25.1. The minimum Gasteiger partial charge on any atom is -0.422 e. The Labute approximate surface area is 245 Å². The molecule has 0 spiro atoms. The van der Waals surface area contributed by atoms with Gasteiger partial charge in [-0.3, -0.25) is 0 Å². The van der Waals surface area contributed by atoms with Crippen molar-refractivity contribution in [3.05, 3.63) is 95.5 Å². The van der Waals surface area contributed by atoms with Crippen LogP contribution >= 0.6 is 0 Å². The molecule has 2 aromatic rings. The van der Waals surface area contributed by atoms with Gasteiger partial charge >= 0.3 is 18.1 Å². The van der Waals surface area contributed by atoms with Gasteiger partial charge in [-0.25, -0.2) is 14.4 Å². The third-order valence-electron chi connectivity index (χ3n) is 5.61. The highest BCUT2D eigenvalue weighted by Gasteiger charge is 2.25. The Morgan fingerprint density at radius 2 is 0.929 bits per heavy atom. The molecule has 0 heterocycles. The monoisotopic (exact) mass is 586 g/mol. The summed E-state index contributed by atoms with van der Waals surface area (Å²) in [6, 6.07) is 18.8. The zero-order chi connectivity index (χ0) is 31.3. The van der Waals surface area contributed by atoms with Crippen LogP contribution in [0.25, 0.3) is 0 Å². The van der Waals surface area contributed by atoms with Crippen molar-refractivity contribution in [3.63, 3.8) is 0 Å². The van der Waals surface area contributed by atoms with Gasteiger partial charge in [-0.1, -0.05) is 60.7 Å². The summed E-state index contributed by atoms with van der Waals surface area (Å²) >= 11 is 0. The molecule has 0 saturated carbocycles. The molecule has 2 aromatic carbocycles. The largest absolute Gasteiger partial charge is 0.514 e. The zero-order valence-corrected chi connectivity index (χ0v) is 25.1. The van der Waals surface area contributed by atoms with Crippen molar-refractivity contribution in [3.8, 4) is 0 Å². The van der Waals surface area contributed by atoms with Gasteiger partial charge in [0.05, 0.1) is 11.1 Å². The molecular weight excluding hydrogens is 548 g/mol. The maximum atomic E-state index is 12.3. The fourth-order valence-electron chi connectivity index (χ4n) is 3.14. The lowest BCUT2D eigenvalue weighted by molar-refractivity contribution is -0.322. The SMILES string of the molecule is C/C(=C\OOC(C)(C)c1ccccc1)C(=O)OC(C)OC(=O)OC(C)OC(=O)/C(C)=C/OOC(C)(C)c1ccccc1. The maximum absolute atomic E-state index is 12.3. The summed E-state index contributed by atoms with van der Waals surface area (Å²) < 4.78 is 19.9. The summed E-state index contributed by atoms with van der Waals surface area (Å²) in [6.07, 6.45) is -1.72. The van der Waals surface area contributed by atoms with Crippen LogP contribution in [-0.2, 0) is 59.3 Å². The van der Waals surface area contributed by atoms with E-state index in [0.717, 1.165) is 23.7 Å². The molecule has 0 radical (unpaired) electrons. The van der Waals surface area contributed by atoms with Gasteiger partial charge in [0, 0.05) is 13.8 Å². The molecule has 0 aromatic heterocycles. The molecule has 0 bridgehead atoms. The number of carbonyl (C=O) groups is 3. The Morgan fingerprint density at radius 3 is 1.26 bits per heavy atom. The molecule has 2 unspecified atom stereocenters. The Kier molecular flexibility index (Phi) is 12.6. The summed E-state index contributed by atoms with van der Waals surface area (Å²) in [5, 5.41) is 0. The highest BCUT2D eigenvalue weighted by Crippen LogP contribution is 2.26. The second-order valence-corrected chi connectivity index (χ2v) is 10.1.